The number of rotatable bonds is 2. The molecule has 0 aliphatic carbocycles. The minimum atomic E-state index is -4.61. The van der Waals surface area contributed by atoms with Crippen molar-refractivity contribution < 1.29 is 27.5 Å². The molecular formula is C12H18Cl2N4O7S. The average Bonchev–Trinajstić information content (AvgIpc) is 2.51. The highest BCUT2D eigenvalue weighted by Crippen LogP contribution is 2.14. The van der Waals surface area contributed by atoms with E-state index in [-0.39, 0.29) is 24.2 Å². The molecule has 0 atom stereocenters. The Bertz CT molecular complexity index is 739. The number of nitro groups is 1. The number of nitrogen functional groups attached to an aromatic ring is 2. The van der Waals surface area contributed by atoms with Gasteiger partial charge in [0.2, 0.25) is 0 Å². The number of benzene rings is 2. The first-order chi connectivity index (χ1) is 11.1. The van der Waals surface area contributed by atoms with Crippen molar-refractivity contribution in [3.05, 3.63) is 63.7 Å². The van der Waals surface area contributed by atoms with Gasteiger partial charge in [0.05, 0.1) is 16.3 Å². The maximum absolute atomic E-state index is 10.1. The first-order valence-corrected chi connectivity index (χ1v) is 7.61. The van der Waals surface area contributed by atoms with Crippen LogP contribution in [0.2, 0.25) is 5.02 Å². The molecule has 0 aliphatic rings. The van der Waals surface area contributed by atoms with Crippen LogP contribution in [0, 0.1) is 10.1 Å². The van der Waals surface area contributed by atoms with E-state index in [1.54, 1.807) is 12.1 Å². The second kappa shape index (κ2) is 14.0. The Hall–Kier alpha value is -2.19. The molecule has 0 bridgehead atoms. The number of nitrogens with zero attached hydrogens (tertiary/aromatic N) is 1. The van der Waals surface area contributed by atoms with Crippen LogP contribution in [-0.2, 0) is 14.7 Å². The highest BCUT2D eigenvalue weighted by atomic mass is 35.5. The van der Waals surface area contributed by atoms with Crippen molar-refractivity contribution in [2.24, 2.45) is 0 Å². The van der Waals surface area contributed by atoms with Crippen LogP contribution in [0.1, 0.15) is 0 Å². The van der Waals surface area contributed by atoms with Gasteiger partial charge in [0, 0.05) is 17.2 Å². The lowest BCUT2D eigenvalue weighted by atomic mass is 10.3. The third-order valence-electron chi connectivity index (χ3n) is 2.13. The Morgan fingerprint density at radius 3 is 1.62 bits per heavy atom. The average molecular weight is 433 g/mol. The van der Waals surface area contributed by atoms with Gasteiger partial charge in [0.1, 0.15) is 0 Å². The molecule has 148 valence electrons. The fraction of sp³-hybridized carbons (Fsp3) is 0. The molecule has 2 aromatic rings. The van der Waals surface area contributed by atoms with Gasteiger partial charge in [-0.25, -0.2) is 5.26 Å². The minimum absolute atomic E-state index is 0. The second-order valence-corrected chi connectivity index (χ2v) is 5.31. The Balaban J connectivity index is -0.000000303. The van der Waals surface area contributed by atoms with Gasteiger partial charge >= 0.3 is 10.4 Å². The molecule has 0 amide bonds. The van der Waals surface area contributed by atoms with Crippen molar-refractivity contribution in [1.82, 2.24) is 6.15 Å². The summed E-state index contributed by atoms with van der Waals surface area (Å²) in [7, 11) is -4.61. The number of non-ortho nitro benzene ring substituents is 1. The highest BCUT2D eigenvalue weighted by molar-refractivity contribution is 7.80. The predicted molar refractivity (Wildman–Crippen MR) is 101 cm³/mol. The van der Waals surface area contributed by atoms with Crippen LogP contribution < -0.4 is 17.6 Å². The van der Waals surface area contributed by atoms with E-state index in [1.807, 2.05) is 12.1 Å². The first kappa shape index (κ1) is 28.6. The maximum atomic E-state index is 10.1. The summed E-state index contributed by atoms with van der Waals surface area (Å²) in [5.41, 5.74) is 12.1. The molecule has 0 unspecified atom stereocenters. The van der Waals surface area contributed by atoms with Crippen LogP contribution in [0.5, 0.6) is 0 Å². The standard InChI is InChI=1S/C6H4ClNO2.C6H8N2.ClH.H3N.H2O5S/c7-5-1-3-6(4-2-5)8(9)10;7-5-3-1-2-4-6(5)8;;;1-5-6(2,3)4/h1-4H;1-4H,7-8H2;1H;1H3;1H,(H,2,3,4). The third-order valence-corrected chi connectivity index (χ3v) is 2.57. The topological polar surface area (TPSA) is 214 Å². The van der Waals surface area contributed by atoms with Crippen molar-refractivity contribution in [1.29, 1.82) is 0 Å². The molecule has 0 aromatic heterocycles. The van der Waals surface area contributed by atoms with Gasteiger partial charge in [-0.1, -0.05) is 28.1 Å². The molecule has 9 N–H and O–H groups in total. The Kier molecular flexibility index (Phi) is 15.4. The van der Waals surface area contributed by atoms with E-state index in [2.05, 4.69) is 4.33 Å². The molecule has 0 saturated carbocycles. The zero-order chi connectivity index (χ0) is 18.8. The summed E-state index contributed by atoms with van der Waals surface area (Å²) in [6, 6.07) is 13.0. The number of hydrogen-bond donors (Lipinski definition) is 5. The van der Waals surface area contributed by atoms with E-state index in [0.717, 1.165) is 0 Å². The van der Waals surface area contributed by atoms with Crippen molar-refractivity contribution in [3.63, 3.8) is 0 Å². The smallest absolute Gasteiger partial charge is 0.397 e. The highest BCUT2D eigenvalue weighted by Gasteiger charge is 2.01. The van der Waals surface area contributed by atoms with E-state index in [9.17, 15) is 10.1 Å². The summed E-state index contributed by atoms with van der Waals surface area (Å²) >= 11 is 5.49. The number of hydrogen-bond acceptors (Lipinski definition) is 9. The Morgan fingerprint density at radius 2 is 1.38 bits per heavy atom. The molecule has 11 nitrogen and oxygen atoms in total. The summed E-state index contributed by atoms with van der Waals surface area (Å²) < 4.78 is 28.0. The lowest BCUT2D eigenvalue weighted by Crippen LogP contribution is -1.97. The zero-order valence-corrected chi connectivity index (χ0v) is 15.4. The van der Waals surface area contributed by atoms with Gasteiger partial charge in [0.15, 0.2) is 0 Å². The van der Waals surface area contributed by atoms with Crippen molar-refractivity contribution in [2.75, 3.05) is 11.5 Å². The summed E-state index contributed by atoms with van der Waals surface area (Å²) in [4.78, 5) is 9.61. The van der Waals surface area contributed by atoms with Crippen LogP contribution >= 0.6 is 24.0 Å². The van der Waals surface area contributed by atoms with Crippen LogP contribution in [-0.4, -0.2) is 23.2 Å². The number of para-hydroxylation sites is 2. The van der Waals surface area contributed by atoms with E-state index in [1.165, 1.54) is 24.3 Å². The molecule has 26 heavy (non-hydrogen) atoms. The number of anilines is 2. The van der Waals surface area contributed by atoms with Crippen molar-refractivity contribution >= 4 is 51.5 Å². The van der Waals surface area contributed by atoms with E-state index in [0.29, 0.717) is 16.4 Å². The Morgan fingerprint density at radius 1 is 1.04 bits per heavy atom. The van der Waals surface area contributed by atoms with E-state index >= 15 is 0 Å². The molecule has 2 aromatic carbocycles. The minimum Gasteiger partial charge on any atom is -0.397 e. The predicted octanol–water partition coefficient (Wildman–Crippen LogP) is 2.96. The van der Waals surface area contributed by atoms with Crippen LogP contribution in [0.4, 0.5) is 17.1 Å². The fourth-order valence-corrected chi connectivity index (χ4v) is 1.20. The molecule has 0 spiro atoms. The maximum Gasteiger partial charge on any atom is 0.423 e. The normalized spacial score (nSPS) is 9.04. The van der Waals surface area contributed by atoms with Crippen LogP contribution in [0.15, 0.2) is 48.5 Å². The van der Waals surface area contributed by atoms with Crippen LogP contribution in [0.3, 0.4) is 0 Å². The van der Waals surface area contributed by atoms with Crippen LogP contribution in [0.25, 0.3) is 0 Å². The van der Waals surface area contributed by atoms with Gasteiger partial charge < -0.3 is 17.6 Å². The molecule has 0 radical (unpaired) electrons. The fourth-order valence-electron chi connectivity index (χ4n) is 1.07. The Labute approximate surface area is 160 Å². The third kappa shape index (κ3) is 14.2. The van der Waals surface area contributed by atoms with Gasteiger partial charge in [-0.3, -0.25) is 14.7 Å². The lowest BCUT2D eigenvalue weighted by Gasteiger charge is -1.94. The summed E-state index contributed by atoms with van der Waals surface area (Å²) in [6.45, 7) is 0. The van der Waals surface area contributed by atoms with E-state index < -0.39 is 15.3 Å². The SMILES string of the molecule is Cl.N.Nc1ccccc1N.O=S(=O)(O)OO.O=[N+]([O-])c1ccc(Cl)cc1. The monoisotopic (exact) mass is 432 g/mol. The molecule has 0 aliphatic heterocycles. The molecule has 2 rings (SSSR count). The van der Waals surface area contributed by atoms with Gasteiger partial charge in [-0.05, 0) is 24.3 Å². The largest absolute Gasteiger partial charge is 0.423 e. The summed E-state index contributed by atoms with van der Waals surface area (Å²) in [5, 5.41) is 17.6. The van der Waals surface area contributed by atoms with Gasteiger partial charge in [0.25, 0.3) is 5.69 Å². The lowest BCUT2D eigenvalue weighted by molar-refractivity contribution is -0.384. The molecule has 0 heterocycles. The molecular weight excluding hydrogens is 415 g/mol. The summed E-state index contributed by atoms with van der Waals surface area (Å²) in [6.07, 6.45) is 0. The van der Waals surface area contributed by atoms with Crippen molar-refractivity contribution in [2.45, 2.75) is 0 Å². The van der Waals surface area contributed by atoms with Gasteiger partial charge in [-0.15, -0.1) is 12.4 Å². The molecule has 0 saturated heterocycles. The zero-order valence-electron chi connectivity index (χ0n) is 13.1. The second-order valence-electron chi connectivity index (χ2n) is 3.86. The van der Waals surface area contributed by atoms with E-state index in [4.69, 9.17) is 41.3 Å². The number of nitrogens with two attached hydrogens (primary N) is 2. The number of nitro benzene ring substituents is 1. The molecule has 14 heteroatoms. The quantitative estimate of drug-likeness (QED) is 0.153. The summed E-state index contributed by atoms with van der Waals surface area (Å²) in [5.74, 6) is 0. The number of halogens is 2. The van der Waals surface area contributed by atoms with Crippen molar-refractivity contribution in [3.8, 4) is 0 Å². The van der Waals surface area contributed by atoms with Gasteiger partial charge in [-0.2, -0.15) is 8.42 Å². The molecule has 0 fully saturated rings. The first-order valence-electron chi connectivity index (χ1n) is 5.87.